The minimum atomic E-state index is -0.435. The average molecular weight is 426 g/mol. The van der Waals surface area contributed by atoms with E-state index >= 15 is 0 Å². The summed E-state index contributed by atoms with van der Waals surface area (Å²) in [5.41, 5.74) is 0.710. The summed E-state index contributed by atoms with van der Waals surface area (Å²) in [5, 5.41) is 0. The number of carbonyl (C=O) groups excluding carboxylic acids is 1. The normalized spacial score (nSPS) is 20.8. The van der Waals surface area contributed by atoms with Crippen LogP contribution in [0.5, 0.6) is 5.75 Å². The van der Waals surface area contributed by atoms with E-state index in [-0.39, 0.29) is 12.1 Å². The predicted molar refractivity (Wildman–Crippen MR) is 109 cm³/mol. The lowest BCUT2D eigenvalue weighted by molar-refractivity contribution is 0.00646. The van der Waals surface area contributed by atoms with Crippen molar-refractivity contribution in [3.8, 4) is 5.75 Å². The van der Waals surface area contributed by atoms with Crippen LogP contribution in [0, 0.1) is 12.8 Å². The summed E-state index contributed by atoms with van der Waals surface area (Å²) < 4.78 is 12.5. The molecule has 1 aromatic carbocycles. The van der Waals surface area contributed by atoms with Crippen LogP contribution in [-0.2, 0) is 4.74 Å². The van der Waals surface area contributed by atoms with Crippen molar-refractivity contribution in [1.29, 1.82) is 0 Å². The second-order valence-corrected chi connectivity index (χ2v) is 9.12. The van der Waals surface area contributed by atoms with Gasteiger partial charge in [0, 0.05) is 22.6 Å². The highest BCUT2D eigenvalue weighted by molar-refractivity contribution is 9.10. The molecule has 1 heterocycles. The summed E-state index contributed by atoms with van der Waals surface area (Å²) >= 11 is 3.54. The number of piperidine rings is 1. The van der Waals surface area contributed by atoms with Gasteiger partial charge in [0.2, 0.25) is 0 Å². The molecule has 2 rings (SSSR count). The zero-order chi connectivity index (χ0) is 19.3. The van der Waals surface area contributed by atoms with Crippen molar-refractivity contribution in [1.82, 2.24) is 4.90 Å². The molecule has 2 atom stereocenters. The Hall–Kier alpha value is -1.23. The molecule has 1 saturated heterocycles. The third-order valence-electron chi connectivity index (χ3n) is 4.85. The van der Waals surface area contributed by atoms with E-state index in [2.05, 4.69) is 29.8 Å². The number of halogens is 1. The van der Waals surface area contributed by atoms with Crippen LogP contribution in [0.25, 0.3) is 0 Å². The SMILES string of the molecule is Cc1c(Br)cccc1OCCC[C@@H]1CCN(C(=O)OC(C)(C)C)[C@@H](C)C1. The van der Waals surface area contributed by atoms with E-state index in [0.29, 0.717) is 5.92 Å². The maximum atomic E-state index is 12.3. The van der Waals surface area contributed by atoms with Crippen molar-refractivity contribution in [2.45, 2.75) is 71.9 Å². The molecule has 1 fully saturated rings. The molecule has 0 unspecified atom stereocenters. The Balaban J connectivity index is 1.72. The first kappa shape index (κ1) is 21.1. The van der Waals surface area contributed by atoms with Crippen LogP contribution >= 0.6 is 15.9 Å². The van der Waals surface area contributed by atoms with Gasteiger partial charge in [-0.2, -0.15) is 0 Å². The zero-order valence-electron chi connectivity index (χ0n) is 16.7. The minimum Gasteiger partial charge on any atom is -0.493 e. The van der Waals surface area contributed by atoms with Gasteiger partial charge in [0.25, 0.3) is 0 Å². The molecule has 0 radical (unpaired) electrons. The van der Waals surface area contributed by atoms with Crippen LogP contribution in [0.15, 0.2) is 22.7 Å². The molecule has 0 N–H and O–H groups in total. The first-order chi connectivity index (χ1) is 12.2. The molecule has 0 bridgehead atoms. The molecule has 1 aromatic rings. The van der Waals surface area contributed by atoms with Crippen LogP contribution in [-0.4, -0.2) is 35.8 Å². The Bertz CT molecular complexity index is 612. The lowest BCUT2D eigenvalue weighted by Crippen LogP contribution is -2.46. The third-order valence-corrected chi connectivity index (χ3v) is 5.70. The lowest BCUT2D eigenvalue weighted by Gasteiger charge is -2.38. The van der Waals surface area contributed by atoms with Gasteiger partial charge in [-0.3, -0.25) is 0 Å². The molecule has 1 aliphatic rings. The number of ether oxygens (including phenoxy) is 2. The summed E-state index contributed by atoms with van der Waals surface area (Å²) in [6.45, 7) is 11.4. The molecule has 4 nitrogen and oxygen atoms in total. The number of likely N-dealkylation sites (tertiary alicyclic amines) is 1. The maximum absolute atomic E-state index is 12.3. The summed E-state index contributed by atoms with van der Waals surface area (Å²) in [5.74, 6) is 1.60. The van der Waals surface area contributed by atoms with Crippen molar-refractivity contribution in [3.63, 3.8) is 0 Å². The maximum Gasteiger partial charge on any atom is 0.410 e. The summed E-state index contributed by atoms with van der Waals surface area (Å²) in [7, 11) is 0. The van der Waals surface area contributed by atoms with Crippen LogP contribution in [0.1, 0.15) is 58.9 Å². The molecular formula is C21H32BrNO3. The number of carbonyl (C=O) groups is 1. The van der Waals surface area contributed by atoms with E-state index in [1.165, 1.54) is 0 Å². The van der Waals surface area contributed by atoms with E-state index in [1.807, 2.05) is 43.9 Å². The van der Waals surface area contributed by atoms with E-state index in [1.54, 1.807) is 0 Å². The number of hydrogen-bond acceptors (Lipinski definition) is 3. The van der Waals surface area contributed by atoms with E-state index in [0.717, 1.165) is 54.6 Å². The molecule has 0 aromatic heterocycles. The molecule has 146 valence electrons. The van der Waals surface area contributed by atoms with Crippen molar-refractivity contribution >= 4 is 22.0 Å². The first-order valence-electron chi connectivity index (χ1n) is 9.55. The van der Waals surface area contributed by atoms with Crippen molar-refractivity contribution in [3.05, 3.63) is 28.2 Å². The molecule has 0 saturated carbocycles. The van der Waals surface area contributed by atoms with Gasteiger partial charge in [0.05, 0.1) is 6.61 Å². The Morgan fingerprint density at radius 3 is 2.73 bits per heavy atom. The molecular weight excluding hydrogens is 394 g/mol. The number of benzene rings is 1. The van der Waals surface area contributed by atoms with Crippen molar-refractivity contribution in [2.75, 3.05) is 13.2 Å². The smallest absolute Gasteiger partial charge is 0.410 e. The first-order valence-corrected chi connectivity index (χ1v) is 10.3. The number of amides is 1. The number of hydrogen-bond donors (Lipinski definition) is 0. The largest absolute Gasteiger partial charge is 0.493 e. The Labute approximate surface area is 166 Å². The zero-order valence-corrected chi connectivity index (χ0v) is 18.3. The predicted octanol–water partition coefficient (Wildman–Crippen LogP) is 5.95. The summed E-state index contributed by atoms with van der Waals surface area (Å²) in [6.07, 6.45) is 4.07. The minimum absolute atomic E-state index is 0.183. The van der Waals surface area contributed by atoms with Gasteiger partial charge in [-0.1, -0.05) is 22.0 Å². The quantitative estimate of drug-likeness (QED) is 0.546. The topological polar surface area (TPSA) is 38.8 Å². The monoisotopic (exact) mass is 425 g/mol. The van der Waals surface area contributed by atoms with Gasteiger partial charge < -0.3 is 14.4 Å². The summed E-state index contributed by atoms with van der Waals surface area (Å²) in [6, 6.07) is 6.28. The van der Waals surface area contributed by atoms with Crippen LogP contribution < -0.4 is 4.74 Å². The number of rotatable bonds is 5. The second kappa shape index (κ2) is 9.12. The van der Waals surface area contributed by atoms with Crippen molar-refractivity contribution in [2.24, 2.45) is 5.92 Å². The second-order valence-electron chi connectivity index (χ2n) is 8.27. The Morgan fingerprint density at radius 2 is 2.08 bits per heavy atom. The molecule has 26 heavy (non-hydrogen) atoms. The highest BCUT2D eigenvalue weighted by atomic mass is 79.9. The van der Waals surface area contributed by atoms with Gasteiger partial charge >= 0.3 is 6.09 Å². The lowest BCUT2D eigenvalue weighted by atomic mass is 9.88. The Kier molecular flexibility index (Phi) is 7.39. The van der Waals surface area contributed by atoms with E-state index < -0.39 is 5.60 Å². The van der Waals surface area contributed by atoms with Crippen molar-refractivity contribution < 1.29 is 14.3 Å². The fourth-order valence-corrected chi connectivity index (χ4v) is 3.77. The standard InChI is InChI=1S/C21H32BrNO3/c1-15-14-17(11-12-23(15)20(24)26-21(3,4)5)8-7-13-25-19-10-6-9-18(22)16(19)2/h6,9-10,15,17H,7-8,11-14H2,1-5H3/t15-,17+/m0/s1. The fraction of sp³-hybridized carbons (Fsp3) is 0.667. The highest BCUT2D eigenvalue weighted by Crippen LogP contribution is 2.29. The molecule has 0 aliphatic carbocycles. The molecule has 1 aliphatic heterocycles. The Morgan fingerprint density at radius 1 is 1.35 bits per heavy atom. The van der Waals surface area contributed by atoms with Crippen LogP contribution in [0.4, 0.5) is 4.79 Å². The van der Waals surface area contributed by atoms with Crippen LogP contribution in [0.3, 0.4) is 0 Å². The molecule has 5 heteroatoms. The third kappa shape index (κ3) is 6.19. The highest BCUT2D eigenvalue weighted by Gasteiger charge is 2.31. The number of nitrogens with zero attached hydrogens (tertiary/aromatic N) is 1. The van der Waals surface area contributed by atoms with Gasteiger partial charge in [-0.05, 0) is 78.4 Å². The summed E-state index contributed by atoms with van der Waals surface area (Å²) in [4.78, 5) is 14.2. The van der Waals surface area contributed by atoms with E-state index in [9.17, 15) is 4.79 Å². The van der Waals surface area contributed by atoms with Gasteiger partial charge in [0.15, 0.2) is 0 Å². The van der Waals surface area contributed by atoms with Gasteiger partial charge in [0.1, 0.15) is 11.4 Å². The fourth-order valence-electron chi connectivity index (χ4n) is 3.42. The average Bonchev–Trinajstić information content (AvgIpc) is 2.53. The van der Waals surface area contributed by atoms with Gasteiger partial charge in [-0.25, -0.2) is 4.79 Å². The molecule has 1 amide bonds. The van der Waals surface area contributed by atoms with Crippen LogP contribution in [0.2, 0.25) is 0 Å². The van der Waals surface area contributed by atoms with E-state index in [4.69, 9.17) is 9.47 Å². The molecule has 0 spiro atoms. The van der Waals surface area contributed by atoms with Gasteiger partial charge in [-0.15, -0.1) is 0 Å².